The summed E-state index contributed by atoms with van der Waals surface area (Å²) in [4.78, 5) is 15.1. The molecule has 1 atom stereocenters. The highest BCUT2D eigenvalue weighted by molar-refractivity contribution is 5.94. The Labute approximate surface area is 93.5 Å². The Kier molecular flexibility index (Phi) is 3.95. The number of pyridine rings is 1. The number of carbonyl (C=O) groups is 1. The standard InChI is InChI=1S/C11H15FN2O2/c1-3-11(2,16)7-14-10(15)8-4-5-13-6-9(8)12/h4-6,16H,3,7H2,1-2H3,(H,14,15). The minimum Gasteiger partial charge on any atom is -0.388 e. The lowest BCUT2D eigenvalue weighted by Gasteiger charge is -2.21. The van der Waals surface area contributed by atoms with Gasteiger partial charge < -0.3 is 10.4 Å². The van der Waals surface area contributed by atoms with Crippen molar-refractivity contribution in [2.75, 3.05) is 6.54 Å². The molecule has 0 aliphatic heterocycles. The topological polar surface area (TPSA) is 62.2 Å². The summed E-state index contributed by atoms with van der Waals surface area (Å²) in [6.07, 6.45) is 2.83. The van der Waals surface area contributed by atoms with E-state index in [1.165, 1.54) is 12.3 Å². The summed E-state index contributed by atoms with van der Waals surface area (Å²) in [5.41, 5.74) is -1.04. The minimum absolute atomic E-state index is 0.0677. The van der Waals surface area contributed by atoms with Gasteiger partial charge >= 0.3 is 0 Å². The Morgan fingerprint density at radius 2 is 2.38 bits per heavy atom. The van der Waals surface area contributed by atoms with E-state index in [2.05, 4.69) is 10.3 Å². The Balaban J connectivity index is 2.64. The highest BCUT2D eigenvalue weighted by atomic mass is 19.1. The molecular formula is C11H15FN2O2. The molecule has 0 radical (unpaired) electrons. The van der Waals surface area contributed by atoms with E-state index in [-0.39, 0.29) is 12.1 Å². The van der Waals surface area contributed by atoms with Crippen LogP contribution in [0.25, 0.3) is 0 Å². The summed E-state index contributed by atoms with van der Waals surface area (Å²) < 4.78 is 13.2. The molecule has 1 heterocycles. The van der Waals surface area contributed by atoms with Gasteiger partial charge in [-0.1, -0.05) is 6.92 Å². The highest BCUT2D eigenvalue weighted by Gasteiger charge is 2.19. The third-order valence-electron chi connectivity index (χ3n) is 2.41. The monoisotopic (exact) mass is 226 g/mol. The highest BCUT2D eigenvalue weighted by Crippen LogP contribution is 2.08. The van der Waals surface area contributed by atoms with E-state index in [0.29, 0.717) is 6.42 Å². The maximum atomic E-state index is 13.2. The molecule has 0 fully saturated rings. The van der Waals surface area contributed by atoms with Gasteiger partial charge in [0.25, 0.3) is 5.91 Å². The zero-order chi connectivity index (χ0) is 12.2. The summed E-state index contributed by atoms with van der Waals surface area (Å²) in [6, 6.07) is 1.30. The summed E-state index contributed by atoms with van der Waals surface area (Å²) in [5.74, 6) is -1.22. The lowest BCUT2D eigenvalue weighted by Crippen LogP contribution is -2.40. The zero-order valence-corrected chi connectivity index (χ0v) is 9.33. The molecule has 5 heteroatoms. The quantitative estimate of drug-likeness (QED) is 0.808. The van der Waals surface area contributed by atoms with Gasteiger partial charge in [0.05, 0.1) is 17.4 Å². The Hall–Kier alpha value is -1.49. The van der Waals surface area contributed by atoms with Crippen molar-refractivity contribution in [1.82, 2.24) is 10.3 Å². The minimum atomic E-state index is -0.973. The third kappa shape index (κ3) is 3.27. The average molecular weight is 226 g/mol. The number of carbonyl (C=O) groups excluding carboxylic acids is 1. The van der Waals surface area contributed by atoms with E-state index >= 15 is 0 Å². The van der Waals surface area contributed by atoms with E-state index in [1.807, 2.05) is 0 Å². The van der Waals surface area contributed by atoms with Crippen molar-refractivity contribution in [2.24, 2.45) is 0 Å². The van der Waals surface area contributed by atoms with Crippen LogP contribution in [0.4, 0.5) is 4.39 Å². The fraction of sp³-hybridized carbons (Fsp3) is 0.455. The van der Waals surface area contributed by atoms with Crippen molar-refractivity contribution in [3.8, 4) is 0 Å². The van der Waals surface area contributed by atoms with Crippen LogP contribution < -0.4 is 5.32 Å². The molecule has 0 bridgehead atoms. The van der Waals surface area contributed by atoms with Crippen LogP contribution in [0.3, 0.4) is 0 Å². The SMILES string of the molecule is CCC(C)(O)CNC(=O)c1ccncc1F. The molecular weight excluding hydrogens is 211 g/mol. The number of nitrogens with zero attached hydrogens (tertiary/aromatic N) is 1. The van der Waals surface area contributed by atoms with Crippen LogP contribution in [0.1, 0.15) is 30.6 Å². The van der Waals surface area contributed by atoms with Gasteiger partial charge in [0.2, 0.25) is 0 Å². The van der Waals surface area contributed by atoms with Gasteiger partial charge in [0.15, 0.2) is 5.82 Å². The summed E-state index contributed by atoms with van der Waals surface area (Å²) in [6.45, 7) is 3.50. The number of rotatable bonds is 4. The molecule has 0 aromatic carbocycles. The second-order valence-corrected chi connectivity index (χ2v) is 3.89. The first-order valence-electron chi connectivity index (χ1n) is 5.06. The Bertz CT molecular complexity index is 380. The van der Waals surface area contributed by atoms with E-state index < -0.39 is 17.3 Å². The third-order valence-corrected chi connectivity index (χ3v) is 2.41. The van der Waals surface area contributed by atoms with E-state index in [0.717, 1.165) is 6.20 Å². The van der Waals surface area contributed by atoms with Crippen molar-refractivity contribution in [1.29, 1.82) is 0 Å². The van der Waals surface area contributed by atoms with Crippen molar-refractivity contribution in [3.63, 3.8) is 0 Å². The van der Waals surface area contributed by atoms with E-state index in [4.69, 9.17) is 0 Å². The number of aromatic nitrogens is 1. The zero-order valence-electron chi connectivity index (χ0n) is 9.33. The van der Waals surface area contributed by atoms with Crippen molar-refractivity contribution in [2.45, 2.75) is 25.9 Å². The molecule has 0 saturated carbocycles. The first kappa shape index (κ1) is 12.6. The first-order valence-corrected chi connectivity index (χ1v) is 5.06. The number of hydrogen-bond donors (Lipinski definition) is 2. The summed E-state index contributed by atoms with van der Waals surface area (Å²) >= 11 is 0. The largest absolute Gasteiger partial charge is 0.388 e. The van der Waals surface area contributed by atoms with Gasteiger partial charge in [0, 0.05) is 12.7 Å². The van der Waals surface area contributed by atoms with Gasteiger partial charge in [-0.05, 0) is 19.4 Å². The fourth-order valence-corrected chi connectivity index (χ4v) is 1.05. The van der Waals surface area contributed by atoms with Gasteiger partial charge in [0.1, 0.15) is 0 Å². The Morgan fingerprint density at radius 1 is 1.69 bits per heavy atom. The number of hydrogen-bond acceptors (Lipinski definition) is 3. The van der Waals surface area contributed by atoms with Gasteiger partial charge in [-0.15, -0.1) is 0 Å². The second kappa shape index (κ2) is 5.03. The molecule has 0 aliphatic rings. The normalized spacial score (nSPS) is 14.2. The van der Waals surface area contributed by atoms with Crippen LogP contribution in [-0.4, -0.2) is 28.1 Å². The lowest BCUT2D eigenvalue weighted by atomic mass is 10.0. The molecule has 1 amide bonds. The molecule has 4 nitrogen and oxygen atoms in total. The molecule has 0 aliphatic carbocycles. The molecule has 1 unspecified atom stereocenters. The fourth-order valence-electron chi connectivity index (χ4n) is 1.05. The van der Waals surface area contributed by atoms with Gasteiger partial charge in [-0.3, -0.25) is 9.78 Å². The summed E-state index contributed by atoms with van der Waals surface area (Å²) in [7, 11) is 0. The maximum absolute atomic E-state index is 13.2. The molecule has 88 valence electrons. The number of amides is 1. The first-order chi connectivity index (χ1) is 7.46. The molecule has 1 aromatic rings. The Morgan fingerprint density at radius 3 is 2.94 bits per heavy atom. The van der Waals surface area contributed by atoms with Crippen molar-refractivity contribution in [3.05, 3.63) is 29.8 Å². The number of halogens is 1. The van der Waals surface area contributed by atoms with Crippen LogP contribution >= 0.6 is 0 Å². The van der Waals surface area contributed by atoms with E-state index in [1.54, 1.807) is 13.8 Å². The van der Waals surface area contributed by atoms with E-state index in [9.17, 15) is 14.3 Å². The summed E-state index contributed by atoms with van der Waals surface area (Å²) in [5, 5.41) is 12.1. The van der Waals surface area contributed by atoms with Crippen LogP contribution in [0.2, 0.25) is 0 Å². The predicted molar refractivity (Wildman–Crippen MR) is 57.4 cm³/mol. The van der Waals surface area contributed by atoms with Gasteiger partial charge in [-0.2, -0.15) is 0 Å². The van der Waals surface area contributed by atoms with Crippen LogP contribution in [-0.2, 0) is 0 Å². The predicted octanol–water partition coefficient (Wildman–Crippen LogP) is 1.11. The van der Waals surface area contributed by atoms with Gasteiger partial charge in [-0.25, -0.2) is 4.39 Å². The van der Waals surface area contributed by atoms with Crippen LogP contribution in [0, 0.1) is 5.82 Å². The molecule has 2 N–H and O–H groups in total. The van der Waals surface area contributed by atoms with Crippen LogP contribution in [0.15, 0.2) is 18.5 Å². The lowest BCUT2D eigenvalue weighted by molar-refractivity contribution is 0.0517. The van der Waals surface area contributed by atoms with Crippen molar-refractivity contribution >= 4 is 5.91 Å². The number of aliphatic hydroxyl groups is 1. The number of nitrogens with one attached hydrogen (secondary N) is 1. The molecule has 16 heavy (non-hydrogen) atoms. The maximum Gasteiger partial charge on any atom is 0.254 e. The molecule has 1 aromatic heterocycles. The molecule has 1 rings (SSSR count). The smallest absolute Gasteiger partial charge is 0.254 e. The molecule has 0 saturated heterocycles. The average Bonchev–Trinajstić information content (AvgIpc) is 2.27. The second-order valence-electron chi connectivity index (χ2n) is 3.89. The van der Waals surface area contributed by atoms with Crippen molar-refractivity contribution < 1.29 is 14.3 Å². The van der Waals surface area contributed by atoms with Crippen LogP contribution in [0.5, 0.6) is 0 Å². The molecule has 0 spiro atoms.